The minimum absolute atomic E-state index is 0.341. The molecule has 1 aliphatic rings. The number of hydrogen-bond donors (Lipinski definition) is 1. The molecule has 1 fully saturated rings. The lowest BCUT2D eigenvalue weighted by Gasteiger charge is -2.23. The van der Waals surface area contributed by atoms with E-state index >= 15 is 0 Å². The van der Waals surface area contributed by atoms with Crippen LogP contribution in [0.5, 0.6) is 0 Å². The zero-order valence-corrected chi connectivity index (χ0v) is 11.5. The van der Waals surface area contributed by atoms with Crippen molar-refractivity contribution in [1.29, 1.82) is 0 Å². The molecule has 0 spiro atoms. The molecule has 104 valence electrons. The topological polar surface area (TPSA) is 80.8 Å². The lowest BCUT2D eigenvalue weighted by atomic mass is 10.2. The monoisotopic (exact) mass is 270 g/mol. The maximum absolute atomic E-state index is 5.82. The maximum atomic E-state index is 5.82. The lowest BCUT2D eigenvalue weighted by Crippen LogP contribution is -2.36. The molecule has 1 atom stereocenters. The second kappa shape index (κ2) is 5.50. The molecule has 2 aromatic heterocycles. The molecule has 0 aromatic carbocycles. The van der Waals surface area contributed by atoms with Crippen molar-refractivity contribution in [3.63, 3.8) is 0 Å². The zero-order chi connectivity index (χ0) is 13.9. The molecule has 3 rings (SSSR count). The Hall–Kier alpha value is -2.08. The van der Waals surface area contributed by atoms with Gasteiger partial charge in [0, 0.05) is 37.7 Å². The highest BCUT2D eigenvalue weighted by atomic mass is 15.3. The molecule has 0 saturated carbocycles. The van der Waals surface area contributed by atoms with Crippen molar-refractivity contribution in [3.05, 3.63) is 30.4 Å². The molecule has 1 saturated heterocycles. The molecule has 0 bridgehead atoms. The Balaban J connectivity index is 1.96. The number of nitrogens with two attached hydrogens (primary N) is 1. The summed E-state index contributed by atoms with van der Waals surface area (Å²) >= 11 is 0. The van der Waals surface area contributed by atoms with Crippen LogP contribution in [-0.2, 0) is 0 Å². The number of anilines is 1. The van der Waals surface area contributed by atoms with Gasteiger partial charge >= 0.3 is 0 Å². The third-order valence-electron chi connectivity index (χ3n) is 3.67. The van der Waals surface area contributed by atoms with Crippen molar-refractivity contribution in [2.45, 2.75) is 25.8 Å². The first-order valence-electron chi connectivity index (χ1n) is 6.87. The molecule has 2 N–H and O–H groups in total. The highest BCUT2D eigenvalue weighted by Crippen LogP contribution is 2.24. The summed E-state index contributed by atoms with van der Waals surface area (Å²) in [5, 5.41) is 0. The first kappa shape index (κ1) is 12.9. The van der Waals surface area contributed by atoms with Crippen LogP contribution in [-0.4, -0.2) is 39.1 Å². The smallest absolute Gasteiger partial charge is 0.226 e. The van der Waals surface area contributed by atoms with Crippen LogP contribution in [0, 0.1) is 6.92 Å². The average molecular weight is 270 g/mol. The summed E-state index contributed by atoms with van der Waals surface area (Å²) in [5.41, 5.74) is 8.30. The van der Waals surface area contributed by atoms with Crippen molar-refractivity contribution in [2.24, 2.45) is 5.73 Å². The van der Waals surface area contributed by atoms with Gasteiger partial charge in [0.05, 0.1) is 11.4 Å². The Morgan fingerprint density at radius 2 is 2.10 bits per heavy atom. The third-order valence-corrected chi connectivity index (χ3v) is 3.67. The van der Waals surface area contributed by atoms with Crippen molar-refractivity contribution in [2.75, 3.05) is 18.0 Å². The minimum atomic E-state index is 0.341. The molecular formula is C14H18N6. The lowest BCUT2D eigenvalue weighted by molar-refractivity contribution is 0.664. The molecule has 0 aliphatic carbocycles. The quantitative estimate of drug-likeness (QED) is 0.901. The second-order valence-electron chi connectivity index (χ2n) is 4.96. The van der Waals surface area contributed by atoms with Gasteiger partial charge in [-0.1, -0.05) is 0 Å². The van der Waals surface area contributed by atoms with Gasteiger partial charge in [0.25, 0.3) is 0 Å². The second-order valence-corrected chi connectivity index (χ2v) is 4.96. The van der Waals surface area contributed by atoms with E-state index < -0.39 is 0 Å². The van der Waals surface area contributed by atoms with Crippen LogP contribution in [0.15, 0.2) is 24.7 Å². The van der Waals surface area contributed by atoms with Crippen LogP contribution >= 0.6 is 0 Å². The molecule has 20 heavy (non-hydrogen) atoms. The summed E-state index contributed by atoms with van der Waals surface area (Å²) in [6, 6.07) is 2.21. The van der Waals surface area contributed by atoms with Crippen molar-refractivity contribution in [1.82, 2.24) is 19.9 Å². The van der Waals surface area contributed by atoms with E-state index in [1.807, 2.05) is 13.0 Å². The molecule has 0 radical (unpaired) electrons. The molecule has 3 heterocycles. The zero-order valence-electron chi connectivity index (χ0n) is 11.5. The van der Waals surface area contributed by atoms with Gasteiger partial charge in [0.1, 0.15) is 5.69 Å². The summed E-state index contributed by atoms with van der Waals surface area (Å²) in [4.78, 5) is 19.8. The number of hydrogen-bond acceptors (Lipinski definition) is 6. The summed E-state index contributed by atoms with van der Waals surface area (Å²) < 4.78 is 0. The fourth-order valence-electron chi connectivity index (χ4n) is 2.62. The van der Waals surface area contributed by atoms with E-state index in [9.17, 15) is 0 Å². The number of aromatic nitrogens is 4. The van der Waals surface area contributed by atoms with Crippen LogP contribution < -0.4 is 10.6 Å². The molecule has 6 heteroatoms. The van der Waals surface area contributed by atoms with E-state index in [-0.39, 0.29) is 0 Å². The molecule has 0 amide bonds. The number of nitrogens with zero attached hydrogens (tertiary/aromatic N) is 5. The normalized spacial score (nSPS) is 18.5. The Morgan fingerprint density at radius 3 is 2.90 bits per heavy atom. The Labute approximate surface area is 118 Å². The molecular weight excluding hydrogens is 252 g/mol. The van der Waals surface area contributed by atoms with Gasteiger partial charge in [0.2, 0.25) is 5.95 Å². The molecule has 6 nitrogen and oxygen atoms in total. The van der Waals surface area contributed by atoms with Crippen molar-refractivity contribution >= 4 is 5.95 Å². The third kappa shape index (κ3) is 2.34. The predicted octanol–water partition coefficient (Wildman–Crippen LogP) is 1.17. The van der Waals surface area contributed by atoms with Crippen LogP contribution in [0.2, 0.25) is 0 Å². The molecule has 1 aliphatic heterocycles. The van der Waals surface area contributed by atoms with Crippen molar-refractivity contribution in [3.8, 4) is 11.4 Å². The SMILES string of the molecule is Cc1nccnc1-c1ccnc(N2CCCC2CN)n1. The van der Waals surface area contributed by atoms with E-state index in [4.69, 9.17) is 5.73 Å². The molecule has 2 aromatic rings. The molecule has 1 unspecified atom stereocenters. The Bertz CT molecular complexity index is 600. The fraction of sp³-hybridized carbons (Fsp3) is 0.429. The maximum Gasteiger partial charge on any atom is 0.226 e. The van der Waals surface area contributed by atoms with Gasteiger partial charge in [-0.15, -0.1) is 0 Å². The highest BCUT2D eigenvalue weighted by Gasteiger charge is 2.25. The summed E-state index contributed by atoms with van der Waals surface area (Å²) in [5.74, 6) is 0.737. The van der Waals surface area contributed by atoms with Crippen LogP contribution in [0.1, 0.15) is 18.5 Å². The Morgan fingerprint density at radius 1 is 1.25 bits per heavy atom. The highest BCUT2D eigenvalue weighted by molar-refractivity contribution is 5.57. The van der Waals surface area contributed by atoms with E-state index in [2.05, 4.69) is 24.8 Å². The van der Waals surface area contributed by atoms with Crippen LogP contribution in [0.3, 0.4) is 0 Å². The van der Waals surface area contributed by atoms with E-state index in [0.29, 0.717) is 12.6 Å². The fourth-order valence-corrected chi connectivity index (χ4v) is 2.62. The standard InChI is InChI=1S/C14H18N6/c1-10-13(17-7-6-16-10)12-4-5-18-14(19-12)20-8-2-3-11(20)9-15/h4-7,11H,2-3,8-9,15H2,1H3. The van der Waals surface area contributed by atoms with Gasteiger partial charge in [-0.3, -0.25) is 9.97 Å². The van der Waals surface area contributed by atoms with Gasteiger partial charge in [0.15, 0.2) is 0 Å². The van der Waals surface area contributed by atoms with Gasteiger partial charge < -0.3 is 10.6 Å². The Kier molecular flexibility index (Phi) is 3.56. The first-order chi connectivity index (χ1) is 9.79. The summed E-state index contributed by atoms with van der Waals surface area (Å²) in [6.45, 7) is 3.53. The van der Waals surface area contributed by atoms with Crippen LogP contribution in [0.4, 0.5) is 5.95 Å². The van der Waals surface area contributed by atoms with E-state index in [1.165, 1.54) is 0 Å². The van der Waals surface area contributed by atoms with Crippen LogP contribution in [0.25, 0.3) is 11.4 Å². The van der Waals surface area contributed by atoms with E-state index in [1.54, 1.807) is 18.6 Å². The number of aryl methyl sites for hydroxylation is 1. The largest absolute Gasteiger partial charge is 0.337 e. The summed E-state index contributed by atoms with van der Waals surface area (Å²) in [6.07, 6.45) is 7.39. The van der Waals surface area contributed by atoms with Gasteiger partial charge in [-0.2, -0.15) is 0 Å². The minimum Gasteiger partial charge on any atom is -0.337 e. The average Bonchev–Trinajstić information content (AvgIpc) is 2.96. The first-order valence-corrected chi connectivity index (χ1v) is 6.87. The predicted molar refractivity (Wildman–Crippen MR) is 77.2 cm³/mol. The summed E-state index contributed by atoms with van der Waals surface area (Å²) in [7, 11) is 0. The van der Waals surface area contributed by atoms with E-state index in [0.717, 1.165) is 42.4 Å². The van der Waals surface area contributed by atoms with Crippen molar-refractivity contribution < 1.29 is 0 Å². The van der Waals surface area contributed by atoms with Gasteiger partial charge in [-0.05, 0) is 25.8 Å². The number of rotatable bonds is 3. The van der Waals surface area contributed by atoms with Gasteiger partial charge in [-0.25, -0.2) is 9.97 Å².